The Morgan fingerprint density at radius 2 is 1.79 bits per heavy atom. The third-order valence-electron chi connectivity index (χ3n) is 10.9. The normalized spacial score (nSPS) is 27.1. The van der Waals surface area contributed by atoms with Crippen molar-refractivity contribution in [3.05, 3.63) is 47.5 Å². The first-order valence-electron chi connectivity index (χ1n) is 20.2. The quantitative estimate of drug-likeness (QED) is 0.288. The number of carbonyl (C=O) groups is 5. The van der Waals surface area contributed by atoms with Gasteiger partial charge >= 0.3 is 12.2 Å². The van der Waals surface area contributed by atoms with E-state index in [1.54, 1.807) is 25.7 Å². The Labute approximate surface area is 331 Å². The topological polar surface area (TPSA) is 181 Å². The van der Waals surface area contributed by atoms with Crippen LogP contribution in [0.2, 0.25) is 0 Å². The SMILES string of the molecule is CCCCC1CN(C(=O)O[C@@H]2C[C@H]3C(=O)N[C@]4(C(=O)NS(=O)(=O)CCCC)C[C@H]4/C=C\CCCCC/C(=N\C(=O)OC(C)(C)C)C(=O)N3C2)Cc2ccccc21. The summed E-state index contributed by atoms with van der Waals surface area (Å²) in [4.78, 5) is 76.3. The zero-order chi connectivity index (χ0) is 40.7. The number of benzene rings is 1. The molecule has 3 aliphatic heterocycles. The van der Waals surface area contributed by atoms with E-state index in [4.69, 9.17) is 9.47 Å². The summed E-state index contributed by atoms with van der Waals surface area (Å²) in [5.41, 5.74) is -0.240. The van der Waals surface area contributed by atoms with Crippen molar-refractivity contribution >= 4 is 45.6 Å². The standard InChI is InChI=1S/C41H59N5O9S/c1-6-8-17-28-25-45(26-29-18-15-16-20-32(28)29)39(51)54-31-23-34-35(47)43-41(37(49)44-56(52,53)22-9-7-2)24-30(41)19-13-11-10-12-14-21-33(36(48)46(34)27-31)42-38(50)55-40(3,4)5/h13,15-16,18-20,28,30-31,34H,6-12,14,17,21-27H2,1-5H3,(H,43,47)(H,44,49)/b19-13-,42-33+/t28?,30-,31-,34+,41-/m1/s1. The third kappa shape index (κ3) is 11.0. The van der Waals surface area contributed by atoms with Gasteiger partial charge in [-0.15, -0.1) is 0 Å². The lowest BCUT2D eigenvalue weighted by molar-refractivity contribution is -0.136. The van der Waals surface area contributed by atoms with E-state index in [9.17, 15) is 32.4 Å². The number of nitrogens with one attached hydrogen (secondary N) is 2. The molecule has 5 atom stereocenters. The van der Waals surface area contributed by atoms with Gasteiger partial charge in [0.15, 0.2) is 0 Å². The van der Waals surface area contributed by atoms with Gasteiger partial charge < -0.3 is 24.6 Å². The van der Waals surface area contributed by atoms with Crippen molar-refractivity contribution in [2.75, 3.05) is 18.8 Å². The van der Waals surface area contributed by atoms with Crippen LogP contribution in [0.25, 0.3) is 0 Å². The number of carbonyl (C=O) groups excluding carboxylic acids is 5. The lowest BCUT2D eigenvalue weighted by Crippen LogP contribution is -2.57. The zero-order valence-electron chi connectivity index (χ0n) is 33.5. The molecule has 1 unspecified atom stereocenters. The van der Waals surface area contributed by atoms with E-state index in [0.717, 1.165) is 31.2 Å². The van der Waals surface area contributed by atoms with E-state index in [0.29, 0.717) is 45.2 Å². The van der Waals surface area contributed by atoms with Gasteiger partial charge in [0.25, 0.3) is 11.8 Å². The van der Waals surface area contributed by atoms with E-state index in [-0.39, 0.29) is 43.2 Å². The van der Waals surface area contributed by atoms with Gasteiger partial charge in [-0.3, -0.25) is 19.1 Å². The van der Waals surface area contributed by atoms with Crippen molar-refractivity contribution in [2.24, 2.45) is 10.9 Å². The Morgan fingerprint density at radius 1 is 1.04 bits per heavy atom. The molecule has 1 saturated heterocycles. The van der Waals surface area contributed by atoms with Crippen LogP contribution in [-0.4, -0.2) is 96.0 Å². The molecule has 2 N–H and O–H groups in total. The molecule has 15 heteroatoms. The van der Waals surface area contributed by atoms with Crippen LogP contribution >= 0.6 is 0 Å². The summed E-state index contributed by atoms with van der Waals surface area (Å²) >= 11 is 0. The minimum absolute atomic E-state index is 0.0836. The molecule has 0 spiro atoms. The molecule has 308 valence electrons. The first-order valence-corrected chi connectivity index (χ1v) is 21.9. The number of ether oxygens (including phenoxy) is 2. The van der Waals surface area contributed by atoms with Gasteiger partial charge in [0, 0.05) is 31.3 Å². The van der Waals surface area contributed by atoms with Crippen LogP contribution in [0.15, 0.2) is 41.4 Å². The molecule has 1 aliphatic carbocycles. The Balaban J connectivity index is 1.43. The average molecular weight is 798 g/mol. The Morgan fingerprint density at radius 3 is 2.52 bits per heavy atom. The number of aliphatic imine (C=N–C) groups is 1. The van der Waals surface area contributed by atoms with Gasteiger partial charge in [0.1, 0.15) is 29.0 Å². The van der Waals surface area contributed by atoms with Crippen LogP contribution in [0.5, 0.6) is 0 Å². The molecular weight excluding hydrogens is 739 g/mol. The lowest BCUT2D eigenvalue weighted by atomic mass is 9.86. The van der Waals surface area contributed by atoms with Crippen LogP contribution in [0.4, 0.5) is 9.59 Å². The number of hydrogen-bond acceptors (Lipinski definition) is 9. The second-order valence-electron chi connectivity index (χ2n) is 16.6. The highest BCUT2D eigenvalue weighted by molar-refractivity contribution is 7.90. The van der Waals surface area contributed by atoms with Gasteiger partial charge in [0.05, 0.1) is 12.3 Å². The molecular formula is C41H59N5O9S. The smallest absolute Gasteiger partial charge is 0.434 e. The molecule has 0 radical (unpaired) electrons. The van der Waals surface area contributed by atoms with Gasteiger partial charge in [0.2, 0.25) is 15.9 Å². The van der Waals surface area contributed by atoms with E-state index >= 15 is 0 Å². The summed E-state index contributed by atoms with van der Waals surface area (Å²) in [6, 6.07) is 6.85. The van der Waals surface area contributed by atoms with Gasteiger partial charge in [-0.05, 0) is 76.8 Å². The largest absolute Gasteiger partial charge is 0.444 e. The maximum atomic E-state index is 14.4. The Hall–Kier alpha value is -4.27. The average Bonchev–Trinajstić information content (AvgIpc) is 3.67. The van der Waals surface area contributed by atoms with Crippen molar-refractivity contribution < 1.29 is 41.9 Å². The predicted molar refractivity (Wildman–Crippen MR) is 211 cm³/mol. The minimum atomic E-state index is -3.97. The molecule has 0 bridgehead atoms. The summed E-state index contributed by atoms with van der Waals surface area (Å²) in [7, 11) is -3.97. The molecule has 5 rings (SSSR count). The van der Waals surface area contributed by atoms with Crippen molar-refractivity contribution in [3.8, 4) is 0 Å². The highest BCUT2D eigenvalue weighted by atomic mass is 32.2. The second kappa shape index (κ2) is 18.3. The van der Waals surface area contributed by atoms with E-state index in [2.05, 4.69) is 28.0 Å². The van der Waals surface area contributed by atoms with E-state index < -0.39 is 69.1 Å². The van der Waals surface area contributed by atoms with E-state index in [1.165, 1.54) is 10.5 Å². The van der Waals surface area contributed by atoms with E-state index in [1.807, 2.05) is 37.3 Å². The van der Waals surface area contributed by atoms with Crippen LogP contribution in [-0.2, 0) is 40.4 Å². The highest BCUT2D eigenvalue weighted by Gasteiger charge is 2.61. The number of rotatable bonds is 9. The molecule has 56 heavy (non-hydrogen) atoms. The number of hydrogen-bond donors (Lipinski definition) is 2. The summed E-state index contributed by atoms with van der Waals surface area (Å²) in [6.45, 7) is 9.71. The summed E-state index contributed by atoms with van der Waals surface area (Å²) in [5, 5.41) is 2.82. The van der Waals surface area contributed by atoms with Crippen LogP contribution in [0.1, 0.15) is 129 Å². The van der Waals surface area contributed by atoms with Crippen molar-refractivity contribution in [1.82, 2.24) is 19.8 Å². The maximum Gasteiger partial charge on any atom is 0.434 e. The molecule has 1 saturated carbocycles. The summed E-state index contributed by atoms with van der Waals surface area (Å²) in [5.74, 6) is -2.79. The van der Waals surface area contributed by atoms with Gasteiger partial charge in [-0.2, -0.15) is 4.99 Å². The van der Waals surface area contributed by atoms with Crippen molar-refractivity contribution in [3.63, 3.8) is 0 Å². The minimum Gasteiger partial charge on any atom is -0.444 e. The molecule has 3 heterocycles. The van der Waals surface area contributed by atoms with Crippen molar-refractivity contribution in [1.29, 1.82) is 0 Å². The fourth-order valence-electron chi connectivity index (χ4n) is 7.79. The number of fused-ring (bicyclic) bond motifs is 3. The van der Waals surface area contributed by atoms with Gasteiger partial charge in [-0.1, -0.05) is 75.9 Å². The first-order chi connectivity index (χ1) is 26.6. The van der Waals surface area contributed by atoms with Crippen LogP contribution in [0.3, 0.4) is 0 Å². The Kier molecular flexibility index (Phi) is 14.0. The molecule has 14 nitrogen and oxygen atoms in total. The monoisotopic (exact) mass is 797 g/mol. The molecule has 2 fully saturated rings. The summed E-state index contributed by atoms with van der Waals surface area (Å²) < 4.78 is 39.3. The van der Waals surface area contributed by atoms with Gasteiger partial charge in [-0.25, -0.2) is 18.0 Å². The third-order valence-corrected chi connectivity index (χ3v) is 12.2. The molecule has 5 amide bonds. The summed E-state index contributed by atoms with van der Waals surface area (Å²) in [6.07, 6.45) is 8.15. The fourth-order valence-corrected chi connectivity index (χ4v) is 9.02. The number of unbranched alkanes of at least 4 members (excludes halogenated alkanes) is 2. The fraction of sp³-hybridized carbons (Fsp3) is 0.659. The molecule has 0 aromatic heterocycles. The number of nitrogens with zero attached hydrogens (tertiary/aromatic N) is 3. The highest BCUT2D eigenvalue weighted by Crippen LogP contribution is 2.46. The number of allylic oxidation sites excluding steroid dienone is 1. The molecule has 1 aromatic carbocycles. The Bertz CT molecular complexity index is 1810. The van der Waals surface area contributed by atoms with Crippen LogP contribution in [0, 0.1) is 5.92 Å². The number of sulfonamides is 1. The first kappa shape index (κ1) is 42.9. The number of amides is 5. The predicted octanol–water partition coefficient (Wildman–Crippen LogP) is 5.90. The zero-order valence-corrected chi connectivity index (χ0v) is 34.3. The molecule has 1 aromatic rings. The second-order valence-corrected chi connectivity index (χ2v) is 18.4. The lowest BCUT2D eigenvalue weighted by Gasteiger charge is -2.34. The maximum absolute atomic E-state index is 14.4. The van der Waals surface area contributed by atoms with Crippen LogP contribution < -0.4 is 10.0 Å². The van der Waals surface area contributed by atoms with Crippen molar-refractivity contribution in [2.45, 2.75) is 147 Å². The molecule has 4 aliphatic rings.